The molecule has 1 unspecified atom stereocenters. The summed E-state index contributed by atoms with van der Waals surface area (Å²) in [6, 6.07) is 8.83. The Morgan fingerprint density at radius 1 is 1.10 bits per heavy atom. The van der Waals surface area contributed by atoms with Gasteiger partial charge in [-0.25, -0.2) is 4.39 Å². The molecule has 0 amide bonds. The number of halogens is 2. The quantitative estimate of drug-likeness (QED) is 0.875. The standard InChI is InChI=1S/C17H19ClFN/c1-10-6-11(2)14(12(3)7-10)9-17(20)13-4-5-15(18)16(19)8-13/h4-8,17H,9,20H2,1-3H3. The van der Waals surface area contributed by atoms with Gasteiger partial charge in [0.25, 0.3) is 0 Å². The molecule has 0 radical (unpaired) electrons. The van der Waals surface area contributed by atoms with Crippen molar-refractivity contribution in [3.63, 3.8) is 0 Å². The molecular formula is C17H19ClFN. The summed E-state index contributed by atoms with van der Waals surface area (Å²) in [5.74, 6) is -0.419. The molecule has 0 aromatic heterocycles. The second-order valence-corrected chi connectivity index (χ2v) is 5.77. The van der Waals surface area contributed by atoms with E-state index in [2.05, 4.69) is 32.9 Å². The number of hydrogen-bond acceptors (Lipinski definition) is 1. The largest absolute Gasteiger partial charge is 0.324 e. The minimum absolute atomic E-state index is 0.128. The summed E-state index contributed by atoms with van der Waals surface area (Å²) in [4.78, 5) is 0. The maximum atomic E-state index is 13.5. The average molecular weight is 292 g/mol. The summed E-state index contributed by atoms with van der Waals surface area (Å²) in [6.07, 6.45) is 0.693. The molecule has 0 aliphatic heterocycles. The highest BCUT2D eigenvalue weighted by atomic mass is 35.5. The fourth-order valence-corrected chi connectivity index (χ4v) is 2.73. The topological polar surface area (TPSA) is 26.0 Å². The van der Waals surface area contributed by atoms with E-state index in [1.165, 1.54) is 28.3 Å². The maximum Gasteiger partial charge on any atom is 0.142 e. The molecule has 0 saturated heterocycles. The van der Waals surface area contributed by atoms with Gasteiger partial charge in [0.05, 0.1) is 5.02 Å². The van der Waals surface area contributed by atoms with Crippen molar-refractivity contribution >= 4 is 11.6 Å². The maximum absolute atomic E-state index is 13.5. The van der Waals surface area contributed by atoms with Crippen molar-refractivity contribution in [1.82, 2.24) is 0 Å². The van der Waals surface area contributed by atoms with Crippen LogP contribution in [0.15, 0.2) is 30.3 Å². The second-order valence-electron chi connectivity index (χ2n) is 5.36. The van der Waals surface area contributed by atoms with Crippen molar-refractivity contribution in [2.75, 3.05) is 0 Å². The van der Waals surface area contributed by atoms with Gasteiger partial charge >= 0.3 is 0 Å². The van der Waals surface area contributed by atoms with Gasteiger partial charge in [0.15, 0.2) is 0 Å². The molecular weight excluding hydrogens is 273 g/mol. The molecule has 2 aromatic rings. The molecule has 3 heteroatoms. The third-order valence-electron chi connectivity index (χ3n) is 3.64. The third-order valence-corrected chi connectivity index (χ3v) is 3.94. The highest BCUT2D eigenvalue weighted by Gasteiger charge is 2.13. The van der Waals surface area contributed by atoms with Crippen LogP contribution in [0.3, 0.4) is 0 Å². The fraction of sp³-hybridized carbons (Fsp3) is 0.294. The van der Waals surface area contributed by atoms with Gasteiger partial charge in [0.2, 0.25) is 0 Å². The molecule has 0 fully saturated rings. The Kier molecular flexibility index (Phi) is 4.46. The van der Waals surface area contributed by atoms with Gasteiger partial charge < -0.3 is 5.73 Å². The van der Waals surface area contributed by atoms with Crippen LogP contribution in [0.5, 0.6) is 0 Å². The smallest absolute Gasteiger partial charge is 0.142 e. The van der Waals surface area contributed by atoms with Crippen LogP contribution in [0.1, 0.15) is 33.9 Å². The van der Waals surface area contributed by atoms with E-state index in [1.807, 2.05) is 0 Å². The first-order chi connectivity index (χ1) is 9.38. The van der Waals surface area contributed by atoms with Gasteiger partial charge in [0.1, 0.15) is 5.82 Å². The Morgan fingerprint density at radius 2 is 1.70 bits per heavy atom. The number of benzene rings is 2. The van der Waals surface area contributed by atoms with Crippen LogP contribution in [-0.4, -0.2) is 0 Å². The Balaban J connectivity index is 2.27. The van der Waals surface area contributed by atoms with Gasteiger partial charge in [-0.2, -0.15) is 0 Å². The van der Waals surface area contributed by atoms with E-state index in [4.69, 9.17) is 17.3 Å². The Hall–Kier alpha value is -1.38. The molecule has 0 heterocycles. The molecule has 106 valence electrons. The van der Waals surface area contributed by atoms with E-state index < -0.39 is 5.82 Å². The van der Waals surface area contributed by atoms with E-state index in [1.54, 1.807) is 12.1 Å². The van der Waals surface area contributed by atoms with Gasteiger partial charge in [-0.3, -0.25) is 0 Å². The van der Waals surface area contributed by atoms with Crippen molar-refractivity contribution in [3.05, 3.63) is 69.0 Å². The molecule has 0 aliphatic carbocycles. The van der Waals surface area contributed by atoms with Crippen molar-refractivity contribution < 1.29 is 4.39 Å². The van der Waals surface area contributed by atoms with Crippen molar-refractivity contribution in [2.45, 2.75) is 33.2 Å². The summed E-state index contributed by atoms with van der Waals surface area (Å²) in [7, 11) is 0. The van der Waals surface area contributed by atoms with E-state index in [0.29, 0.717) is 6.42 Å². The Morgan fingerprint density at radius 3 is 2.25 bits per heavy atom. The number of rotatable bonds is 3. The SMILES string of the molecule is Cc1cc(C)c(CC(N)c2ccc(Cl)c(F)c2)c(C)c1. The van der Waals surface area contributed by atoms with Gasteiger partial charge in [-0.15, -0.1) is 0 Å². The summed E-state index contributed by atoms with van der Waals surface area (Å²) in [6.45, 7) is 6.26. The van der Waals surface area contributed by atoms with Gasteiger partial charge in [-0.05, 0) is 61.6 Å². The summed E-state index contributed by atoms with van der Waals surface area (Å²) < 4.78 is 13.5. The van der Waals surface area contributed by atoms with E-state index >= 15 is 0 Å². The van der Waals surface area contributed by atoms with Crippen LogP contribution in [0.2, 0.25) is 5.02 Å². The molecule has 1 nitrogen and oxygen atoms in total. The molecule has 2 N–H and O–H groups in total. The van der Waals surface area contributed by atoms with E-state index in [0.717, 1.165) is 5.56 Å². The van der Waals surface area contributed by atoms with Gasteiger partial charge in [-0.1, -0.05) is 35.4 Å². The molecule has 0 bridgehead atoms. The molecule has 0 spiro atoms. The van der Waals surface area contributed by atoms with Crippen molar-refractivity contribution in [2.24, 2.45) is 5.73 Å². The molecule has 0 aliphatic rings. The summed E-state index contributed by atoms with van der Waals surface area (Å²) in [5.41, 5.74) is 11.9. The highest BCUT2D eigenvalue weighted by Crippen LogP contribution is 2.25. The van der Waals surface area contributed by atoms with Gasteiger partial charge in [0, 0.05) is 6.04 Å². The first kappa shape index (κ1) is 15.0. The highest BCUT2D eigenvalue weighted by molar-refractivity contribution is 6.30. The lowest BCUT2D eigenvalue weighted by Crippen LogP contribution is -2.15. The zero-order valence-corrected chi connectivity index (χ0v) is 12.8. The normalized spacial score (nSPS) is 12.5. The third kappa shape index (κ3) is 3.20. The first-order valence-corrected chi connectivity index (χ1v) is 7.03. The minimum atomic E-state index is -0.419. The second kappa shape index (κ2) is 5.94. The Bertz CT molecular complexity index is 614. The predicted octanol–water partition coefficient (Wildman–Crippen LogP) is 4.65. The minimum Gasteiger partial charge on any atom is -0.324 e. The zero-order valence-electron chi connectivity index (χ0n) is 12.0. The molecule has 2 rings (SSSR count). The summed E-state index contributed by atoms with van der Waals surface area (Å²) >= 11 is 5.70. The number of aryl methyl sites for hydroxylation is 3. The molecule has 1 atom stereocenters. The van der Waals surface area contributed by atoms with Crippen LogP contribution in [0.25, 0.3) is 0 Å². The zero-order chi connectivity index (χ0) is 14.9. The lowest BCUT2D eigenvalue weighted by atomic mass is 9.92. The van der Waals surface area contributed by atoms with Crippen molar-refractivity contribution in [3.8, 4) is 0 Å². The van der Waals surface area contributed by atoms with Crippen LogP contribution in [-0.2, 0) is 6.42 Å². The van der Waals surface area contributed by atoms with E-state index in [9.17, 15) is 4.39 Å². The summed E-state index contributed by atoms with van der Waals surface area (Å²) in [5, 5.41) is 0.128. The lowest BCUT2D eigenvalue weighted by Gasteiger charge is -2.17. The van der Waals surface area contributed by atoms with Crippen molar-refractivity contribution in [1.29, 1.82) is 0 Å². The van der Waals surface area contributed by atoms with Crippen LogP contribution >= 0.6 is 11.6 Å². The monoisotopic (exact) mass is 291 g/mol. The lowest BCUT2D eigenvalue weighted by molar-refractivity contribution is 0.618. The fourth-order valence-electron chi connectivity index (χ4n) is 2.61. The first-order valence-electron chi connectivity index (χ1n) is 6.65. The number of nitrogens with two attached hydrogens (primary N) is 1. The van der Waals surface area contributed by atoms with Crippen LogP contribution < -0.4 is 5.73 Å². The predicted molar refractivity (Wildman–Crippen MR) is 82.7 cm³/mol. The van der Waals surface area contributed by atoms with Crippen LogP contribution in [0.4, 0.5) is 4.39 Å². The van der Waals surface area contributed by atoms with E-state index in [-0.39, 0.29) is 11.1 Å². The molecule has 20 heavy (non-hydrogen) atoms. The number of hydrogen-bond donors (Lipinski definition) is 1. The van der Waals surface area contributed by atoms with Crippen LogP contribution in [0, 0.1) is 26.6 Å². The molecule has 2 aromatic carbocycles. The Labute approximate surface area is 124 Å². The average Bonchev–Trinajstić information content (AvgIpc) is 2.36. The molecule has 0 saturated carbocycles.